The minimum absolute atomic E-state index is 0.225. The molecule has 1 saturated heterocycles. The van der Waals surface area contributed by atoms with Gasteiger partial charge < -0.3 is 25.8 Å². The van der Waals surface area contributed by atoms with E-state index >= 15 is 0 Å². The molecule has 4 N–H and O–H groups in total. The van der Waals surface area contributed by atoms with E-state index in [0.717, 1.165) is 31.5 Å². The maximum Gasteiger partial charge on any atom is 0.259 e. The van der Waals surface area contributed by atoms with Crippen LogP contribution in [0.5, 0.6) is 11.5 Å². The van der Waals surface area contributed by atoms with E-state index in [2.05, 4.69) is 20.6 Å². The number of aromatic nitrogens is 4. The topological polar surface area (TPSA) is 129 Å². The van der Waals surface area contributed by atoms with Crippen molar-refractivity contribution in [3.63, 3.8) is 0 Å². The third kappa shape index (κ3) is 4.24. The van der Waals surface area contributed by atoms with Gasteiger partial charge in [-0.15, -0.1) is 0 Å². The van der Waals surface area contributed by atoms with Crippen LogP contribution in [0.2, 0.25) is 0 Å². The first-order valence-electron chi connectivity index (χ1n) is 11.4. The van der Waals surface area contributed by atoms with Crippen molar-refractivity contribution in [3.05, 3.63) is 54.4 Å². The Balaban J connectivity index is 1.53. The van der Waals surface area contributed by atoms with Crippen LogP contribution in [0.25, 0.3) is 22.3 Å². The lowest BCUT2D eigenvalue weighted by Gasteiger charge is -2.23. The van der Waals surface area contributed by atoms with Crippen molar-refractivity contribution >= 4 is 28.4 Å². The number of piperidine rings is 1. The number of nitrogens with zero attached hydrogens (tertiary/aromatic N) is 4. The Bertz CT molecular complexity index is 1380. The predicted octanol–water partition coefficient (Wildman–Crippen LogP) is 3.27. The fraction of sp³-hybridized carbons (Fsp3) is 0.280. The highest BCUT2D eigenvalue weighted by Gasteiger charge is 2.24. The van der Waals surface area contributed by atoms with Crippen molar-refractivity contribution in [2.45, 2.75) is 18.9 Å². The van der Waals surface area contributed by atoms with Gasteiger partial charge in [-0.05, 0) is 50.2 Å². The summed E-state index contributed by atoms with van der Waals surface area (Å²) >= 11 is 0. The number of methoxy groups -OCH3 is 2. The number of rotatable bonds is 6. The summed E-state index contributed by atoms with van der Waals surface area (Å²) in [7, 11) is 3.09. The number of amides is 1. The number of anilines is 2. The molecule has 0 saturated carbocycles. The smallest absolute Gasteiger partial charge is 0.259 e. The van der Waals surface area contributed by atoms with Crippen LogP contribution in [0.1, 0.15) is 29.2 Å². The monoisotopic (exact) mass is 473 g/mol. The minimum atomic E-state index is -0.299. The standard InChI is InChI=1S/C25H27N7O3/c1-34-19-6-4-3-5-17(19)25(33)30-18-8-7-15(13-20(18)35-2)22-21-23(26)28-14-29-24(21)32(31-22)16-9-11-27-12-10-16/h3-8,13-14,16,27H,9-12H2,1-2H3,(H,30,33)(H2,26,28,29). The number of ether oxygens (including phenoxy) is 2. The lowest BCUT2D eigenvalue weighted by molar-refractivity contribution is 0.102. The van der Waals surface area contributed by atoms with Crippen LogP contribution in [-0.2, 0) is 0 Å². The summed E-state index contributed by atoms with van der Waals surface area (Å²) < 4.78 is 12.9. The highest BCUT2D eigenvalue weighted by atomic mass is 16.5. The fourth-order valence-electron chi connectivity index (χ4n) is 4.47. The number of nitrogens with two attached hydrogens (primary N) is 1. The molecule has 1 fully saturated rings. The van der Waals surface area contributed by atoms with E-state index in [1.54, 1.807) is 31.4 Å². The molecule has 10 nitrogen and oxygen atoms in total. The number of benzene rings is 2. The molecule has 3 heterocycles. The van der Waals surface area contributed by atoms with Crippen molar-refractivity contribution < 1.29 is 14.3 Å². The number of hydrogen-bond donors (Lipinski definition) is 3. The number of nitrogens with one attached hydrogen (secondary N) is 2. The molecule has 0 radical (unpaired) electrons. The first-order chi connectivity index (χ1) is 17.1. The van der Waals surface area contributed by atoms with Crippen LogP contribution in [0.3, 0.4) is 0 Å². The number of carbonyl (C=O) groups is 1. The highest BCUT2D eigenvalue weighted by Crippen LogP contribution is 2.37. The Morgan fingerprint density at radius 2 is 1.86 bits per heavy atom. The summed E-state index contributed by atoms with van der Waals surface area (Å²) in [6.45, 7) is 1.85. The maximum absolute atomic E-state index is 12.9. The van der Waals surface area contributed by atoms with Crippen molar-refractivity contribution in [2.24, 2.45) is 0 Å². The minimum Gasteiger partial charge on any atom is -0.496 e. The van der Waals surface area contributed by atoms with Crippen LogP contribution in [-0.4, -0.2) is 53.0 Å². The molecule has 35 heavy (non-hydrogen) atoms. The van der Waals surface area contributed by atoms with E-state index in [-0.39, 0.29) is 11.9 Å². The Morgan fingerprint density at radius 1 is 1.09 bits per heavy atom. The second kappa shape index (κ2) is 9.59. The van der Waals surface area contributed by atoms with E-state index in [9.17, 15) is 4.79 Å². The van der Waals surface area contributed by atoms with Gasteiger partial charge in [-0.3, -0.25) is 4.79 Å². The quantitative estimate of drug-likeness (QED) is 0.389. The van der Waals surface area contributed by atoms with Gasteiger partial charge in [0, 0.05) is 5.56 Å². The van der Waals surface area contributed by atoms with E-state index in [1.165, 1.54) is 13.4 Å². The molecule has 0 spiro atoms. The molecule has 2 aromatic carbocycles. The van der Waals surface area contributed by atoms with Crippen molar-refractivity contribution in [1.82, 2.24) is 25.1 Å². The molecule has 180 valence electrons. The number of nitrogen functional groups attached to an aromatic ring is 1. The average Bonchev–Trinajstić information content (AvgIpc) is 3.30. The van der Waals surface area contributed by atoms with Crippen LogP contribution in [0.4, 0.5) is 11.5 Å². The van der Waals surface area contributed by atoms with Crippen LogP contribution in [0, 0.1) is 0 Å². The van der Waals surface area contributed by atoms with E-state index in [0.29, 0.717) is 45.3 Å². The fourth-order valence-corrected chi connectivity index (χ4v) is 4.47. The number of fused-ring (bicyclic) bond motifs is 1. The lowest BCUT2D eigenvalue weighted by atomic mass is 10.1. The molecule has 1 aliphatic rings. The Labute approximate surface area is 202 Å². The predicted molar refractivity (Wildman–Crippen MR) is 134 cm³/mol. The first-order valence-corrected chi connectivity index (χ1v) is 11.4. The van der Waals surface area contributed by atoms with Gasteiger partial charge in [0.15, 0.2) is 5.65 Å². The highest BCUT2D eigenvalue weighted by molar-refractivity contribution is 6.07. The second-order valence-electron chi connectivity index (χ2n) is 8.30. The van der Waals surface area contributed by atoms with Crippen molar-refractivity contribution in [1.29, 1.82) is 0 Å². The molecule has 0 aliphatic carbocycles. The molecule has 1 amide bonds. The maximum atomic E-state index is 12.9. The van der Waals surface area contributed by atoms with Gasteiger partial charge in [-0.25, -0.2) is 14.6 Å². The zero-order valence-electron chi connectivity index (χ0n) is 19.6. The zero-order chi connectivity index (χ0) is 24.4. The van der Waals surface area contributed by atoms with Crippen LogP contribution < -0.4 is 25.8 Å². The van der Waals surface area contributed by atoms with Gasteiger partial charge in [0.25, 0.3) is 5.91 Å². The third-order valence-electron chi connectivity index (χ3n) is 6.25. The second-order valence-corrected chi connectivity index (χ2v) is 8.30. The largest absolute Gasteiger partial charge is 0.496 e. The van der Waals surface area contributed by atoms with E-state index in [4.69, 9.17) is 20.3 Å². The molecule has 5 rings (SSSR count). The van der Waals surface area contributed by atoms with Gasteiger partial charge in [0.1, 0.15) is 29.3 Å². The molecule has 10 heteroatoms. The normalized spacial score (nSPS) is 14.1. The number of hydrogen-bond acceptors (Lipinski definition) is 8. The molecular weight excluding hydrogens is 446 g/mol. The molecule has 2 aromatic heterocycles. The number of carbonyl (C=O) groups excluding carboxylic acids is 1. The Kier molecular flexibility index (Phi) is 6.19. The lowest BCUT2D eigenvalue weighted by Crippen LogP contribution is -2.30. The zero-order valence-corrected chi connectivity index (χ0v) is 19.6. The SMILES string of the molecule is COc1cc(-c2nn(C3CCNCC3)c3ncnc(N)c23)ccc1NC(=O)c1ccccc1OC. The van der Waals surface area contributed by atoms with Gasteiger partial charge in [0.2, 0.25) is 0 Å². The number of para-hydroxylation sites is 1. The van der Waals surface area contributed by atoms with Gasteiger partial charge in [-0.2, -0.15) is 5.10 Å². The summed E-state index contributed by atoms with van der Waals surface area (Å²) in [4.78, 5) is 21.6. The Morgan fingerprint density at radius 3 is 2.63 bits per heavy atom. The molecule has 4 aromatic rings. The van der Waals surface area contributed by atoms with Gasteiger partial charge >= 0.3 is 0 Å². The summed E-state index contributed by atoms with van der Waals surface area (Å²) in [5.74, 6) is 1.06. The molecular formula is C25H27N7O3. The summed E-state index contributed by atoms with van der Waals surface area (Å²) in [6, 6.07) is 12.8. The molecule has 0 bridgehead atoms. The van der Waals surface area contributed by atoms with Crippen molar-refractivity contribution in [3.8, 4) is 22.8 Å². The summed E-state index contributed by atoms with van der Waals surface area (Å²) in [6.07, 6.45) is 3.38. The molecule has 0 unspecified atom stereocenters. The van der Waals surface area contributed by atoms with Crippen LogP contribution in [0.15, 0.2) is 48.8 Å². The van der Waals surface area contributed by atoms with E-state index in [1.807, 2.05) is 22.9 Å². The van der Waals surface area contributed by atoms with E-state index < -0.39 is 0 Å². The third-order valence-corrected chi connectivity index (χ3v) is 6.25. The Hall–Kier alpha value is -4.18. The average molecular weight is 474 g/mol. The first kappa shape index (κ1) is 22.6. The van der Waals surface area contributed by atoms with Crippen molar-refractivity contribution in [2.75, 3.05) is 38.4 Å². The van der Waals surface area contributed by atoms with Gasteiger partial charge in [0.05, 0.1) is 36.9 Å². The van der Waals surface area contributed by atoms with Crippen LogP contribution >= 0.6 is 0 Å². The van der Waals surface area contributed by atoms with Gasteiger partial charge in [-0.1, -0.05) is 18.2 Å². The summed E-state index contributed by atoms with van der Waals surface area (Å²) in [5, 5.41) is 11.9. The molecule has 1 aliphatic heterocycles. The summed E-state index contributed by atoms with van der Waals surface area (Å²) in [5.41, 5.74) is 9.41. The molecule has 0 atom stereocenters.